The van der Waals surface area contributed by atoms with E-state index >= 15 is 0 Å². The molecule has 2 aromatic rings. The summed E-state index contributed by atoms with van der Waals surface area (Å²) in [5.74, 6) is -1.12. The van der Waals surface area contributed by atoms with E-state index in [1.807, 2.05) is 6.07 Å². The number of nitrogens with zero attached hydrogens (tertiary/aromatic N) is 1. The van der Waals surface area contributed by atoms with E-state index in [0.29, 0.717) is 0 Å². The van der Waals surface area contributed by atoms with E-state index in [-0.39, 0.29) is 28.2 Å². The maximum atomic E-state index is 13.0. The normalized spacial score (nSPS) is 10.8. The Morgan fingerprint density at radius 1 is 1.16 bits per heavy atom. The molecule has 0 aliphatic heterocycles. The second kappa shape index (κ2) is 7.13. The zero-order valence-electron chi connectivity index (χ0n) is 12.9. The highest BCUT2D eigenvalue weighted by atomic mass is 19.4. The summed E-state index contributed by atoms with van der Waals surface area (Å²) in [4.78, 5) is 10.7. The molecule has 2 aromatic carbocycles. The van der Waals surface area contributed by atoms with Crippen LogP contribution in [0.1, 0.15) is 11.1 Å². The second-order valence-electron chi connectivity index (χ2n) is 4.92. The van der Waals surface area contributed by atoms with Crippen molar-refractivity contribution < 1.29 is 32.5 Å². The van der Waals surface area contributed by atoms with Gasteiger partial charge in [-0.3, -0.25) is 0 Å². The van der Waals surface area contributed by atoms with Crippen LogP contribution in [0.4, 0.5) is 13.2 Å². The maximum absolute atomic E-state index is 13.0. The van der Waals surface area contributed by atoms with Gasteiger partial charge in [0.1, 0.15) is 11.5 Å². The molecule has 0 saturated carbocycles. The van der Waals surface area contributed by atoms with E-state index in [2.05, 4.69) is 0 Å². The van der Waals surface area contributed by atoms with Gasteiger partial charge in [0.05, 0.1) is 24.3 Å². The van der Waals surface area contributed by atoms with E-state index in [1.165, 1.54) is 25.3 Å². The van der Waals surface area contributed by atoms with Crippen LogP contribution in [-0.2, 0) is 11.0 Å². The Morgan fingerprint density at radius 2 is 1.80 bits per heavy atom. The van der Waals surface area contributed by atoms with E-state index in [1.54, 1.807) is 0 Å². The molecule has 0 heterocycles. The van der Waals surface area contributed by atoms with Crippen LogP contribution in [0.25, 0.3) is 11.1 Å². The van der Waals surface area contributed by atoms with Gasteiger partial charge in [-0.2, -0.15) is 18.4 Å². The molecule has 0 unspecified atom stereocenters. The minimum atomic E-state index is -4.60. The van der Waals surface area contributed by atoms with Crippen molar-refractivity contribution in [3.05, 3.63) is 47.5 Å². The largest absolute Gasteiger partial charge is 0.496 e. The number of ether oxygens (including phenoxy) is 2. The van der Waals surface area contributed by atoms with Gasteiger partial charge in [-0.15, -0.1) is 0 Å². The van der Waals surface area contributed by atoms with Gasteiger partial charge in [0.2, 0.25) is 0 Å². The second-order valence-corrected chi connectivity index (χ2v) is 4.92. The van der Waals surface area contributed by atoms with Crippen molar-refractivity contribution in [2.45, 2.75) is 6.18 Å². The Labute approximate surface area is 140 Å². The molecule has 130 valence electrons. The summed E-state index contributed by atoms with van der Waals surface area (Å²) in [5, 5.41) is 17.8. The number of carbonyl (C=O) groups is 1. The molecule has 0 spiro atoms. The van der Waals surface area contributed by atoms with Gasteiger partial charge in [-0.1, -0.05) is 0 Å². The van der Waals surface area contributed by atoms with Crippen LogP contribution in [0.3, 0.4) is 0 Å². The molecule has 0 aliphatic carbocycles. The summed E-state index contributed by atoms with van der Waals surface area (Å²) in [6, 6.07) is 8.79. The van der Waals surface area contributed by atoms with Crippen LogP contribution in [0.15, 0.2) is 36.4 Å². The number of hydrogen-bond acceptors (Lipinski definition) is 4. The summed E-state index contributed by atoms with van der Waals surface area (Å²) in [6.07, 6.45) is -4.60. The molecule has 0 aliphatic rings. The highest BCUT2D eigenvalue weighted by Crippen LogP contribution is 2.41. The molecule has 2 rings (SSSR count). The minimum absolute atomic E-state index is 0.0231. The topological polar surface area (TPSA) is 79.5 Å². The van der Waals surface area contributed by atoms with Crippen molar-refractivity contribution in [1.29, 1.82) is 5.26 Å². The fraction of sp³-hybridized carbons (Fsp3) is 0.176. The molecule has 0 aromatic heterocycles. The first-order chi connectivity index (χ1) is 11.8. The zero-order chi connectivity index (χ0) is 18.6. The predicted molar refractivity (Wildman–Crippen MR) is 81.3 cm³/mol. The smallest absolute Gasteiger partial charge is 0.416 e. The first kappa shape index (κ1) is 18.1. The molecule has 0 atom stereocenters. The third kappa shape index (κ3) is 4.20. The first-order valence-corrected chi connectivity index (χ1v) is 6.90. The number of nitriles is 1. The summed E-state index contributed by atoms with van der Waals surface area (Å²) in [6.45, 7) is -0.724. The van der Waals surface area contributed by atoms with E-state index in [4.69, 9.17) is 19.8 Å². The molecule has 0 saturated heterocycles. The van der Waals surface area contributed by atoms with Gasteiger partial charge in [-0.25, -0.2) is 4.79 Å². The van der Waals surface area contributed by atoms with Crippen LogP contribution in [0.5, 0.6) is 11.5 Å². The lowest BCUT2D eigenvalue weighted by Gasteiger charge is -2.16. The van der Waals surface area contributed by atoms with Crippen LogP contribution < -0.4 is 9.47 Å². The average Bonchev–Trinajstić information content (AvgIpc) is 2.58. The predicted octanol–water partition coefficient (Wildman–Crippen LogP) is 3.72. The minimum Gasteiger partial charge on any atom is -0.496 e. The standard InChI is InChI=1S/C17H12F3NO4/c1-24-14-4-2-10(8-21)6-12(14)13-7-11(17(18,19)20)3-5-15(13)25-9-16(22)23/h2-7H,9H2,1H3,(H,22,23). The molecule has 0 bridgehead atoms. The highest BCUT2D eigenvalue weighted by molar-refractivity contribution is 5.78. The molecular formula is C17H12F3NO4. The van der Waals surface area contributed by atoms with Crippen LogP contribution in [0, 0.1) is 11.3 Å². The fourth-order valence-electron chi connectivity index (χ4n) is 2.17. The van der Waals surface area contributed by atoms with Gasteiger partial charge >= 0.3 is 12.1 Å². The van der Waals surface area contributed by atoms with Gasteiger partial charge in [0.15, 0.2) is 6.61 Å². The number of rotatable bonds is 5. The number of halogens is 3. The molecule has 1 N–H and O–H groups in total. The number of alkyl halides is 3. The number of hydrogen-bond donors (Lipinski definition) is 1. The molecule has 5 nitrogen and oxygen atoms in total. The monoisotopic (exact) mass is 351 g/mol. The van der Waals surface area contributed by atoms with E-state index in [9.17, 15) is 18.0 Å². The van der Waals surface area contributed by atoms with Crippen molar-refractivity contribution in [2.75, 3.05) is 13.7 Å². The van der Waals surface area contributed by atoms with Gasteiger partial charge < -0.3 is 14.6 Å². The van der Waals surface area contributed by atoms with Crippen molar-refractivity contribution in [2.24, 2.45) is 0 Å². The molecule has 0 radical (unpaired) electrons. The van der Waals surface area contributed by atoms with Gasteiger partial charge in [-0.05, 0) is 36.4 Å². The third-order valence-electron chi connectivity index (χ3n) is 3.28. The van der Waals surface area contributed by atoms with Crippen LogP contribution >= 0.6 is 0 Å². The van der Waals surface area contributed by atoms with Crippen molar-refractivity contribution >= 4 is 5.97 Å². The Balaban J connectivity index is 2.67. The SMILES string of the molecule is COc1ccc(C#N)cc1-c1cc(C(F)(F)F)ccc1OCC(=O)O. The quantitative estimate of drug-likeness (QED) is 0.888. The number of carboxylic acids is 1. The fourth-order valence-corrected chi connectivity index (χ4v) is 2.17. The first-order valence-electron chi connectivity index (χ1n) is 6.90. The maximum Gasteiger partial charge on any atom is 0.416 e. The summed E-state index contributed by atoms with van der Waals surface area (Å²) in [7, 11) is 1.33. The lowest BCUT2D eigenvalue weighted by molar-refractivity contribution is -0.140. The average molecular weight is 351 g/mol. The number of methoxy groups -OCH3 is 1. The molecular weight excluding hydrogens is 339 g/mol. The lowest BCUT2D eigenvalue weighted by Crippen LogP contribution is -2.11. The van der Waals surface area contributed by atoms with E-state index < -0.39 is 24.3 Å². The molecule has 0 amide bonds. The zero-order valence-corrected chi connectivity index (χ0v) is 12.9. The molecule has 8 heteroatoms. The lowest BCUT2D eigenvalue weighted by atomic mass is 9.99. The summed E-state index contributed by atoms with van der Waals surface area (Å²) >= 11 is 0. The molecule has 25 heavy (non-hydrogen) atoms. The summed E-state index contributed by atoms with van der Waals surface area (Å²) in [5.41, 5.74) is -0.565. The number of carboxylic acid groups (broad SMARTS) is 1. The van der Waals surface area contributed by atoms with Gasteiger partial charge in [0.25, 0.3) is 0 Å². The highest BCUT2D eigenvalue weighted by Gasteiger charge is 2.31. The number of benzene rings is 2. The Morgan fingerprint density at radius 3 is 2.36 bits per heavy atom. The van der Waals surface area contributed by atoms with Crippen LogP contribution in [-0.4, -0.2) is 24.8 Å². The van der Waals surface area contributed by atoms with Crippen molar-refractivity contribution in [3.8, 4) is 28.7 Å². The Bertz CT molecular complexity index is 841. The third-order valence-corrected chi connectivity index (χ3v) is 3.28. The number of aliphatic carboxylic acids is 1. The Kier molecular flexibility index (Phi) is 5.17. The van der Waals surface area contributed by atoms with Gasteiger partial charge in [0, 0.05) is 11.1 Å². The van der Waals surface area contributed by atoms with E-state index in [0.717, 1.165) is 18.2 Å². The van der Waals surface area contributed by atoms with Crippen molar-refractivity contribution in [1.82, 2.24) is 0 Å². The molecule has 0 fully saturated rings. The van der Waals surface area contributed by atoms with Crippen molar-refractivity contribution in [3.63, 3.8) is 0 Å². The summed E-state index contributed by atoms with van der Waals surface area (Å²) < 4.78 is 49.3. The van der Waals surface area contributed by atoms with Crippen LogP contribution in [0.2, 0.25) is 0 Å². The Hall–Kier alpha value is -3.21.